The van der Waals surface area contributed by atoms with E-state index in [-0.39, 0.29) is 31.0 Å². The van der Waals surface area contributed by atoms with Crippen LogP contribution in [0.4, 0.5) is 0 Å². The van der Waals surface area contributed by atoms with Gasteiger partial charge in [0.05, 0.1) is 13.2 Å². The summed E-state index contributed by atoms with van der Waals surface area (Å²) in [6.07, 6.45) is 0. The van der Waals surface area contributed by atoms with Crippen LogP contribution in [0.25, 0.3) is 0 Å². The minimum atomic E-state index is -0.467. The van der Waals surface area contributed by atoms with Crippen LogP contribution in [0, 0.1) is 5.41 Å². The largest absolute Gasteiger partial charge is 0.463 e. The van der Waals surface area contributed by atoms with Crippen LogP contribution in [0.1, 0.15) is 20.8 Å². The van der Waals surface area contributed by atoms with Crippen molar-refractivity contribution in [3.63, 3.8) is 0 Å². The third-order valence-corrected chi connectivity index (χ3v) is 1.68. The first kappa shape index (κ1) is 15.1. The van der Waals surface area contributed by atoms with E-state index in [0.29, 0.717) is 6.61 Å². The van der Waals surface area contributed by atoms with Crippen LogP contribution >= 0.6 is 0 Å². The second kappa shape index (κ2) is 7.35. The SMILES string of the molecule is COCC(C)(C)COC(=O)COCC(C)=O. The molecule has 0 N–H and O–H groups in total. The fourth-order valence-electron chi connectivity index (χ4n) is 1.03. The normalized spacial score (nSPS) is 11.2. The van der Waals surface area contributed by atoms with Gasteiger partial charge in [0.25, 0.3) is 0 Å². The highest BCUT2D eigenvalue weighted by molar-refractivity contribution is 5.77. The molecule has 0 aromatic rings. The maximum atomic E-state index is 11.2. The number of ketones is 1. The average molecular weight is 232 g/mol. The third-order valence-electron chi connectivity index (χ3n) is 1.68. The third kappa shape index (κ3) is 8.38. The van der Waals surface area contributed by atoms with Crippen molar-refractivity contribution in [1.82, 2.24) is 0 Å². The molecule has 0 saturated carbocycles. The van der Waals surface area contributed by atoms with Gasteiger partial charge in [-0.3, -0.25) is 4.79 Å². The number of Topliss-reactive ketones (excluding diaryl/α,β-unsaturated/α-hetero) is 1. The Kier molecular flexibility index (Phi) is 6.92. The summed E-state index contributed by atoms with van der Waals surface area (Å²) in [4.78, 5) is 21.7. The lowest BCUT2D eigenvalue weighted by Crippen LogP contribution is -2.28. The van der Waals surface area contributed by atoms with Crippen LogP contribution < -0.4 is 0 Å². The summed E-state index contributed by atoms with van der Waals surface area (Å²) in [6, 6.07) is 0. The topological polar surface area (TPSA) is 61.8 Å². The van der Waals surface area contributed by atoms with Crippen molar-refractivity contribution in [2.24, 2.45) is 5.41 Å². The molecule has 5 nitrogen and oxygen atoms in total. The molecule has 0 radical (unpaired) electrons. The second-order valence-electron chi connectivity index (χ2n) is 4.45. The minimum absolute atomic E-state index is 0.0590. The van der Waals surface area contributed by atoms with Crippen molar-refractivity contribution < 1.29 is 23.8 Å². The zero-order chi connectivity index (χ0) is 12.6. The molecule has 0 amide bonds. The molecule has 0 aliphatic carbocycles. The maximum Gasteiger partial charge on any atom is 0.332 e. The molecule has 5 heteroatoms. The van der Waals surface area contributed by atoms with Gasteiger partial charge in [0.15, 0.2) is 5.78 Å². The summed E-state index contributed by atoms with van der Waals surface area (Å²) in [7, 11) is 1.60. The molecule has 0 atom stereocenters. The lowest BCUT2D eigenvalue weighted by molar-refractivity contribution is -0.153. The Labute approximate surface area is 96.1 Å². The van der Waals surface area contributed by atoms with E-state index in [4.69, 9.17) is 14.2 Å². The number of ether oxygens (including phenoxy) is 3. The molecule has 0 bridgehead atoms. The van der Waals surface area contributed by atoms with Gasteiger partial charge in [0.2, 0.25) is 0 Å². The van der Waals surface area contributed by atoms with Crippen LogP contribution in [0.3, 0.4) is 0 Å². The van der Waals surface area contributed by atoms with E-state index in [9.17, 15) is 9.59 Å². The van der Waals surface area contributed by atoms with Gasteiger partial charge < -0.3 is 14.2 Å². The summed E-state index contributed by atoms with van der Waals surface area (Å²) < 4.78 is 14.8. The Balaban J connectivity index is 3.68. The molecule has 0 spiro atoms. The van der Waals surface area contributed by atoms with Gasteiger partial charge in [0, 0.05) is 12.5 Å². The van der Waals surface area contributed by atoms with E-state index < -0.39 is 5.97 Å². The predicted molar refractivity (Wildman–Crippen MR) is 58.1 cm³/mol. The Hall–Kier alpha value is -0.940. The molecule has 0 unspecified atom stereocenters. The molecule has 0 saturated heterocycles. The highest BCUT2D eigenvalue weighted by Gasteiger charge is 2.20. The molecular formula is C11H20O5. The number of esters is 1. The first-order valence-electron chi connectivity index (χ1n) is 5.09. The number of rotatable bonds is 8. The van der Waals surface area contributed by atoms with E-state index in [0.717, 1.165) is 0 Å². The highest BCUT2D eigenvalue weighted by atomic mass is 16.6. The number of hydrogen-bond acceptors (Lipinski definition) is 5. The molecule has 0 aromatic carbocycles. The van der Waals surface area contributed by atoms with Gasteiger partial charge in [-0.05, 0) is 6.92 Å². The molecule has 0 fully saturated rings. The standard InChI is InChI=1S/C11H20O5/c1-9(12)5-15-6-10(13)16-8-11(2,3)7-14-4/h5-8H2,1-4H3. The van der Waals surface area contributed by atoms with Crippen LogP contribution in [-0.4, -0.2) is 45.3 Å². The number of carbonyl (C=O) groups is 2. The highest BCUT2D eigenvalue weighted by Crippen LogP contribution is 2.15. The van der Waals surface area contributed by atoms with E-state index in [1.807, 2.05) is 13.8 Å². The molecule has 0 aliphatic rings. The van der Waals surface area contributed by atoms with Gasteiger partial charge in [-0.2, -0.15) is 0 Å². The Morgan fingerprint density at radius 3 is 2.25 bits per heavy atom. The van der Waals surface area contributed by atoms with Crippen LogP contribution in [-0.2, 0) is 23.8 Å². The van der Waals surface area contributed by atoms with E-state index in [1.54, 1.807) is 7.11 Å². The Bertz CT molecular complexity index is 235. The quantitative estimate of drug-likeness (QED) is 0.579. The zero-order valence-corrected chi connectivity index (χ0v) is 10.4. The zero-order valence-electron chi connectivity index (χ0n) is 10.4. The van der Waals surface area contributed by atoms with Crippen molar-refractivity contribution in [2.45, 2.75) is 20.8 Å². The number of methoxy groups -OCH3 is 1. The molecule has 94 valence electrons. The summed E-state index contributed by atoms with van der Waals surface area (Å²) in [5.74, 6) is -0.585. The smallest absolute Gasteiger partial charge is 0.332 e. The summed E-state index contributed by atoms with van der Waals surface area (Å²) in [5, 5.41) is 0. The van der Waals surface area contributed by atoms with E-state index >= 15 is 0 Å². The number of carbonyl (C=O) groups excluding carboxylic acids is 2. The fourth-order valence-corrected chi connectivity index (χ4v) is 1.03. The summed E-state index contributed by atoms with van der Waals surface area (Å²) in [5.41, 5.74) is -0.217. The monoisotopic (exact) mass is 232 g/mol. The maximum absolute atomic E-state index is 11.2. The molecule has 0 aliphatic heterocycles. The van der Waals surface area contributed by atoms with Crippen molar-refractivity contribution in [3.05, 3.63) is 0 Å². The summed E-state index contributed by atoms with van der Waals surface area (Å²) >= 11 is 0. The lowest BCUT2D eigenvalue weighted by atomic mass is 9.96. The first-order chi connectivity index (χ1) is 7.37. The van der Waals surface area contributed by atoms with Crippen LogP contribution in [0.15, 0.2) is 0 Å². The Morgan fingerprint density at radius 1 is 1.12 bits per heavy atom. The second-order valence-corrected chi connectivity index (χ2v) is 4.45. The van der Waals surface area contributed by atoms with Crippen LogP contribution in [0.2, 0.25) is 0 Å². The van der Waals surface area contributed by atoms with Gasteiger partial charge in [-0.15, -0.1) is 0 Å². The van der Waals surface area contributed by atoms with Crippen molar-refractivity contribution in [1.29, 1.82) is 0 Å². The lowest BCUT2D eigenvalue weighted by Gasteiger charge is -2.22. The molecule has 16 heavy (non-hydrogen) atoms. The predicted octanol–water partition coefficient (Wildman–Crippen LogP) is 0.808. The Morgan fingerprint density at radius 2 is 1.75 bits per heavy atom. The van der Waals surface area contributed by atoms with Gasteiger partial charge in [-0.1, -0.05) is 13.8 Å². The van der Waals surface area contributed by atoms with Gasteiger partial charge in [-0.25, -0.2) is 4.79 Å². The van der Waals surface area contributed by atoms with Crippen molar-refractivity contribution in [2.75, 3.05) is 33.5 Å². The average Bonchev–Trinajstić information content (AvgIpc) is 2.14. The van der Waals surface area contributed by atoms with Crippen molar-refractivity contribution >= 4 is 11.8 Å². The van der Waals surface area contributed by atoms with Gasteiger partial charge in [0.1, 0.15) is 13.2 Å². The number of hydrogen-bond donors (Lipinski definition) is 0. The molecule has 0 aromatic heterocycles. The van der Waals surface area contributed by atoms with E-state index in [1.165, 1.54) is 6.92 Å². The minimum Gasteiger partial charge on any atom is -0.463 e. The molecule has 0 heterocycles. The summed E-state index contributed by atoms with van der Waals surface area (Å²) in [6.45, 7) is 5.78. The van der Waals surface area contributed by atoms with Crippen LogP contribution in [0.5, 0.6) is 0 Å². The fraction of sp³-hybridized carbons (Fsp3) is 0.818. The first-order valence-corrected chi connectivity index (χ1v) is 5.09. The molecule has 0 rings (SSSR count). The molecular weight excluding hydrogens is 212 g/mol. The van der Waals surface area contributed by atoms with E-state index in [2.05, 4.69) is 0 Å². The van der Waals surface area contributed by atoms with Crippen molar-refractivity contribution in [3.8, 4) is 0 Å². The van der Waals surface area contributed by atoms with Gasteiger partial charge >= 0.3 is 5.97 Å².